The first-order chi connectivity index (χ1) is 7.79. The Morgan fingerprint density at radius 3 is 2.69 bits per heavy atom. The van der Waals surface area contributed by atoms with E-state index in [1.807, 2.05) is 0 Å². The van der Waals surface area contributed by atoms with Crippen LogP contribution in [0.1, 0.15) is 42.7 Å². The van der Waals surface area contributed by atoms with Gasteiger partial charge >= 0.3 is 0 Å². The Bertz CT molecular complexity index is 389. The molecular weight excluding hydrogens is 204 g/mol. The predicted octanol–water partition coefficient (Wildman–Crippen LogP) is 1.81. The van der Waals surface area contributed by atoms with E-state index in [1.165, 1.54) is 12.4 Å². The standard InChI is InChI=1S/C12H14N2O2/c15-10-6-3-1-2-5-9(10)11(16)12-13-7-4-8-14-12/h4,7-9H,1-3,5-6H2. The Hall–Kier alpha value is -1.58. The first kappa shape index (κ1) is 10.9. The number of nitrogens with zero attached hydrogens (tertiary/aromatic N) is 2. The van der Waals surface area contributed by atoms with Gasteiger partial charge in [-0.3, -0.25) is 9.59 Å². The number of aromatic nitrogens is 2. The summed E-state index contributed by atoms with van der Waals surface area (Å²) in [5, 5.41) is 0. The molecule has 4 heteroatoms. The molecule has 1 aliphatic rings. The van der Waals surface area contributed by atoms with E-state index in [-0.39, 0.29) is 17.4 Å². The van der Waals surface area contributed by atoms with Gasteiger partial charge in [0.05, 0.1) is 5.92 Å². The van der Waals surface area contributed by atoms with E-state index in [9.17, 15) is 9.59 Å². The minimum atomic E-state index is -0.509. The van der Waals surface area contributed by atoms with Crippen LogP contribution in [0.2, 0.25) is 0 Å². The number of carbonyl (C=O) groups excluding carboxylic acids is 2. The summed E-state index contributed by atoms with van der Waals surface area (Å²) in [5.74, 6) is -0.505. The molecule has 1 aromatic heterocycles. The van der Waals surface area contributed by atoms with Gasteiger partial charge in [-0.1, -0.05) is 12.8 Å². The highest BCUT2D eigenvalue weighted by Crippen LogP contribution is 2.22. The first-order valence-corrected chi connectivity index (χ1v) is 5.63. The van der Waals surface area contributed by atoms with Gasteiger partial charge < -0.3 is 0 Å². The quantitative estimate of drug-likeness (QED) is 0.431. The van der Waals surface area contributed by atoms with Crippen LogP contribution in [0.4, 0.5) is 0 Å². The predicted molar refractivity (Wildman–Crippen MR) is 57.9 cm³/mol. The lowest BCUT2D eigenvalue weighted by molar-refractivity contribution is -0.121. The van der Waals surface area contributed by atoms with Crippen LogP contribution >= 0.6 is 0 Å². The summed E-state index contributed by atoms with van der Waals surface area (Å²) in [7, 11) is 0. The number of ketones is 2. The Morgan fingerprint density at radius 2 is 1.94 bits per heavy atom. The summed E-state index contributed by atoms with van der Waals surface area (Å²) >= 11 is 0. The van der Waals surface area contributed by atoms with Crippen LogP contribution in [0.3, 0.4) is 0 Å². The molecule has 1 saturated carbocycles. The van der Waals surface area contributed by atoms with E-state index >= 15 is 0 Å². The summed E-state index contributed by atoms with van der Waals surface area (Å²) < 4.78 is 0. The van der Waals surface area contributed by atoms with Gasteiger partial charge in [-0.25, -0.2) is 9.97 Å². The van der Waals surface area contributed by atoms with Crippen LogP contribution < -0.4 is 0 Å². The maximum Gasteiger partial charge on any atom is 0.210 e. The summed E-state index contributed by atoms with van der Waals surface area (Å²) in [4.78, 5) is 31.6. The van der Waals surface area contributed by atoms with Gasteiger partial charge in [0.25, 0.3) is 0 Å². The molecule has 1 aromatic rings. The van der Waals surface area contributed by atoms with Gasteiger partial charge in [0.15, 0.2) is 5.82 Å². The minimum Gasteiger partial charge on any atom is -0.299 e. The van der Waals surface area contributed by atoms with E-state index < -0.39 is 5.92 Å². The third kappa shape index (κ3) is 2.32. The highest BCUT2D eigenvalue weighted by atomic mass is 16.2. The molecule has 16 heavy (non-hydrogen) atoms. The van der Waals surface area contributed by atoms with Crippen LogP contribution in [0.25, 0.3) is 0 Å². The van der Waals surface area contributed by atoms with E-state index in [0.29, 0.717) is 12.8 Å². The van der Waals surface area contributed by atoms with Crippen molar-refractivity contribution in [3.8, 4) is 0 Å². The number of rotatable bonds is 2. The monoisotopic (exact) mass is 218 g/mol. The highest BCUT2D eigenvalue weighted by molar-refractivity contribution is 6.08. The molecule has 84 valence electrons. The van der Waals surface area contributed by atoms with Crippen LogP contribution in [0.15, 0.2) is 18.5 Å². The van der Waals surface area contributed by atoms with Crippen LogP contribution in [-0.4, -0.2) is 21.5 Å². The van der Waals surface area contributed by atoms with Crippen molar-refractivity contribution in [2.24, 2.45) is 5.92 Å². The molecule has 1 atom stereocenters. The molecule has 0 amide bonds. The maximum absolute atomic E-state index is 12.0. The molecule has 0 bridgehead atoms. The van der Waals surface area contributed by atoms with Crippen molar-refractivity contribution in [1.82, 2.24) is 9.97 Å². The minimum absolute atomic E-state index is 0.0509. The summed E-state index contributed by atoms with van der Waals surface area (Å²) in [6.07, 6.45) is 7.10. The van der Waals surface area contributed by atoms with Gasteiger partial charge in [-0.05, 0) is 18.9 Å². The van der Waals surface area contributed by atoms with E-state index in [1.54, 1.807) is 6.07 Å². The Balaban J connectivity index is 2.17. The molecule has 1 fully saturated rings. The molecule has 2 rings (SSSR count). The van der Waals surface area contributed by atoms with E-state index in [0.717, 1.165) is 19.3 Å². The zero-order chi connectivity index (χ0) is 11.4. The van der Waals surface area contributed by atoms with Crippen LogP contribution in [0.5, 0.6) is 0 Å². The molecule has 4 nitrogen and oxygen atoms in total. The Kier molecular flexibility index (Phi) is 3.39. The second-order valence-corrected chi connectivity index (χ2v) is 4.05. The SMILES string of the molecule is O=C1CCCCCC1C(=O)c1ncccn1. The normalized spacial score (nSPS) is 21.5. The lowest BCUT2D eigenvalue weighted by Gasteiger charge is -2.09. The molecule has 0 aliphatic heterocycles. The van der Waals surface area contributed by atoms with Crippen molar-refractivity contribution in [2.45, 2.75) is 32.1 Å². The largest absolute Gasteiger partial charge is 0.299 e. The first-order valence-electron chi connectivity index (χ1n) is 5.63. The van der Waals surface area contributed by atoms with Crippen molar-refractivity contribution in [1.29, 1.82) is 0 Å². The Labute approximate surface area is 94.1 Å². The van der Waals surface area contributed by atoms with Gasteiger partial charge in [-0.2, -0.15) is 0 Å². The summed E-state index contributed by atoms with van der Waals surface area (Å²) in [6.45, 7) is 0. The molecule has 1 aliphatic carbocycles. The van der Waals surface area contributed by atoms with Gasteiger partial charge in [0, 0.05) is 18.8 Å². The fourth-order valence-electron chi connectivity index (χ4n) is 2.02. The molecule has 0 aromatic carbocycles. The molecule has 0 spiro atoms. The summed E-state index contributed by atoms with van der Waals surface area (Å²) in [5.41, 5.74) is 0. The van der Waals surface area contributed by atoms with Crippen molar-refractivity contribution in [3.63, 3.8) is 0 Å². The van der Waals surface area contributed by atoms with Gasteiger partial charge in [0.2, 0.25) is 5.78 Å². The molecule has 1 heterocycles. The van der Waals surface area contributed by atoms with Crippen LogP contribution in [-0.2, 0) is 4.79 Å². The third-order valence-electron chi connectivity index (χ3n) is 2.91. The zero-order valence-electron chi connectivity index (χ0n) is 9.06. The average Bonchev–Trinajstić information content (AvgIpc) is 2.54. The topological polar surface area (TPSA) is 59.9 Å². The van der Waals surface area contributed by atoms with E-state index in [2.05, 4.69) is 9.97 Å². The maximum atomic E-state index is 12.0. The fourth-order valence-corrected chi connectivity index (χ4v) is 2.02. The van der Waals surface area contributed by atoms with Crippen molar-refractivity contribution in [3.05, 3.63) is 24.3 Å². The molecule has 0 N–H and O–H groups in total. The van der Waals surface area contributed by atoms with Crippen molar-refractivity contribution in [2.75, 3.05) is 0 Å². The van der Waals surface area contributed by atoms with Crippen molar-refractivity contribution < 1.29 is 9.59 Å². The van der Waals surface area contributed by atoms with E-state index in [4.69, 9.17) is 0 Å². The third-order valence-corrected chi connectivity index (χ3v) is 2.91. The Morgan fingerprint density at radius 1 is 1.19 bits per heavy atom. The fraction of sp³-hybridized carbons (Fsp3) is 0.500. The lowest BCUT2D eigenvalue weighted by atomic mass is 9.94. The van der Waals surface area contributed by atoms with Crippen LogP contribution in [0, 0.1) is 5.92 Å². The number of hydrogen-bond donors (Lipinski definition) is 0. The summed E-state index contributed by atoms with van der Waals surface area (Å²) in [6, 6.07) is 1.66. The smallest absolute Gasteiger partial charge is 0.210 e. The second-order valence-electron chi connectivity index (χ2n) is 4.05. The van der Waals surface area contributed by atoms with Crippen molar-refractivity contribution >= 4 is 11.6 Å². The molecule has 1 unspecified atom stereocenters. The second kappa shape index (κ2) is 4.96. The molecule has 0 radical (unpaired) electrons. The van der Waals surface area contributed by atoms with Gasteiger partial charge in [-0.15, -0.1) is 0 Å². The highest BCUT2D eigenvalue weighted by Gasteiger charge is 2.29. The zero-order valence-corrected chi connectivity index (χ0v) is 9.06. The number of carbonyl (C=O) groups is 2. The lowest BCUT2D eigenvalue weighted by Crippen LogP contribution is -2.24. The van der Waals surface area contributed by atoms with Gasteiger partial charge in [0.1, 0.15) is 5.78 Å². The average molecular weight is 218 g/mol. The number of Topliss-reactive ketones (excluding diaryl/α,β-unsaturated/α-hetero) is 2. The molecule has 0 saturated heterocycles. The number of hydrogen-bond acceptors (Lipinski definition) is 4. The molecular formula is C12H14N2O2.